The van der Waals surface area contributed by atoms with Crippen molar-refractivity contribution in [2.24, 2.45) is 12.1 Å². The molecule has 5 rings (SSSR count). The molecular weight excluding hydrogens is 639 g/mol. The number of nitrogens with one attached hydrogen (secondary N) is 1. The predicted molar refractivity (Wildman–Crippen MR) is 164 cm³/mol. The highest BCUT2D eigenvalue weighted by Gasteiger charge is 2.35. The molecule has 2 heterocycles. The summed E-state index contributed by atoms with van der Waals surface area (Å²) in [5, 5.41) is 17.8. The number of benzene rings is 3. The van der Waals surface area contributed by atoms with E-state index in [1.54, 1.807) is 25.8 Å². The molecule has 1 aliphatic heterocycles. The van der Waals surface area contributed by atoms with Crippen LogP contribution in [0.5, 0.6) is 11.5 Å². The van der Waals surface area contributed by atoms with Gasteiger partial charge in [-0.1, -0.05) is 58.0 Å². The van der Waals surface area contributed by atoms with E-state index in [9.17, 15) is 14.0 Å². The van der Waals surface area contributed by atoms with Crippen molar-refractivity contribution in [3.8, 4) is 11.5 Å². The minimum Gasteiger partial charge on any atom is -0.493 e. The second-order valence-corrected chi connectivity index (χ2v) is 11.4. The molecule has 43 heavy (non-hydrogen) atoms. The van der Waals surface area contributed by atoms with Crippen molar-refractivity contribution in [3.63, 3.8) is 0 Å². The highest BCUT2D eigenvalue weighted by Crippen LogP contribution is 2.42. The van der Waals surface area contributed by atoms with E-state index < -0.39 is 17.8 Å². The number of hydrazone groups is 1. The normalized spacial score (nSPS) is 14.4. The number of nitrogens with zero attached hydrogens (tertiary/aromatic N) is 5. The van der Waals surface area contributed by atoms with E-state index in [0.717, 1.165) is 27.4 Å². The van der Waals surface area contributed by atoms with Crippen molar-refractivity contribution >= 4 is 45.2 Å². The number of rotatable bonds is 10. The molecule has 0 radical (unpaired) electrons. The van der Waals surface area contributed by atoms with Crippen LogP contribution in [-0.2, 0) is 18.4 Å². The first-order valence-corrected chi connectivity index (χ1v) is 15.0. The number of amides is 2. The Morgan fingerprint density at radius 1 is 1.07 bits per heavy atom. The first-order valence-electron chi connectivity index (χ1n) is 13.2. The maximum Gasteiger partial charge on any atom is 0.253 e. The number of halogens is 2. The fraction of sp³-hybridized carbons (Fsp3) is 0.233. The maximum atomic E-state index is 13.7. The van der Waals surface area contributed by atoms with Crippen LogP contribution in [0, 0.1) is 5.82 Å². The van der Waals surface area contributed by atoms with E-state index in [2.05, 4.69) is 31.4 Å². The zero-order chi connectivity index (χ0) is 30.5. The Bertz CT molecular complexity index is 1680. The lowest BCUT2D eigenvalue weighted by molar-refractivity contribution is -0.130. The van der Waals surface area contributed by atoms with Crippen LogP contribution in [0.25, 0.3) is 0 Å². The molecule has 0 unspecified atom stereocenters. The Balaban J connectivity index is 1.32. The molecule has 0 aliphatic carbocycles. The molecule has 13 heteroatoms. The van der Waals surface area contributed by atoms with E-state index in [4.69, 9.17) is 14.6 Å². The molecule has 1 N–H and O–H groups in total. The first kappa shape index (κ1) is 30.2. The Morgan fingerprint density at radius 3 is 2.56 bits per heavy atom. The quantitative estimate of drug-likeness (QED) is 0.234. The molecule has 4 aromatic rings. The molecule has 1 aromatic heterocycles. The second-order valence-electron chi connectivity index (χ2n) is 9.53. The number of methoxy groups -OCH3 is 2. The van der Waals surface area contributed by atoms with Gasteiger partial charge >= 0.3 is 0 Å². The molecule has 3 aromatic carbocycles. The number of thioether (sulfide) groups is 1. The van der Waals surface area contributed by atoms with Gasteiger partial charge in [-0.2, -0.15) is 5.10 Å². The fourth-order valence-electron chi connectivity index (χ4n) is 4.68. The summed E-state index contributed by atoms with van der Waals surface area (Å²) in [5.41, 5.74) is 2.68. The van der Waals surface area contributed by atoms with Crippen LogP contribution in [-0.4, -0.2) is 57.3 Å². The third-order valence-electron chi connectivity index (χ3n) is 6.88. The molecular formula is C30H28BrFN6O4S. The molecule has 0 fully saturated rings. The van der Waals surface area contributed by atoms with Crippen LogP contribution in [0.15, 0.2) is 81.5 Å². The van der Waals surface area contributed by atoms with Gasteiger partial charge in [0.1, 0.15) is 5.82 Å². The number of carbonyl (C=O) groups excluding carboxylic acids is 2. The highest BCUT2D eigenvalue weighted by molar-refractivity contribution is 9.10. The average Bonchev–Trinajstić information content (AvgIpc) is 3.62. The van der Waals surface area contributed by atoms with Gasteiger partial charge in [0.05, 0.1) is 38.3 Å². The largest absolute Gasteiger partial charge is 0.493 e. The minimum absolute atomic E-state index is 0.0432. The summed E-state index contributed by atoms with van der Waals surface area (Å²) in [5.74, 6) is 0.487. The maximum absolute atomic E-state index is 13.7. The fourth-order valence-corrected chi connectivity index (χ4v) is 5.73. The van der Waals surface area contributed by atoms with Crippen molar-refractivity contribution in [2.45, 2.75) is 24.2 Å². The number of ether oxygens (including phenoxy) is 2. The van der Waals surface area contributed by atoms with Gasteiger partial charge in [-0.15, -0.1) is 10.2 Å². The Hall–Kier alpha value is -4.23. The van der Waals surface area contributed by atoms with Gasteiger partial charge < -0.3 is 19.4 Å². The molecule has 1 atom stereocenters. The van der Waals surface area contributed by atoms with Crippen LogP contribution >= 0.6 is 27.7 Å². The monoisotopic (exact) mass is 666 g/mol. The highest BCUT2D eigenvalue weighted by atomic mass is 79.9. The third kappa shape index (κ3) is 6.73. The lowest BCUT2D eigenvalue weighted by Gasteiger charge is -2.24. The topological polar surface area (TPSA) is 111 Å². The number of hydrogen-bond donors (Lipinski definition) is 1. The van der Waals surface area contributed by atoms with Crippen molar-refractivity contribution < 1.29 is 23.5 Å². The van der Waals surface area contributed by atoms with Crippen LogP contribution in [0.3, 0.4) is 0 Å². The molecule has 0 saturated heterocycles. The summed E-state index contributed by atoms with van der Waals surface area (Å²) in [7, 11) is 4.89. The van der Waals surface area contributed by atoms with E-state index in [0.29, 0.717) is 28.9 Å². The van der Waals surface area contributed by atoms with Crippen molar-refractivity contribution in [2.75, 3.05) is 20.0 Å². The summed E-state index contributed by atoms with van der Waals surface area (Å²) in [6.45, 7) is 0.0814. The van der Waals surface area contributed by atoms with Crippen molar-refractivity contribution in [1.82, 2.24) is 25.1 Å². The van der Waals surface area contributed by atoms with Gasteiger partial charge in [-0.3, -0.25) is 9.59 Å². The molecule has 0 spiro atoms. The van der Waals surface area contributed by atoms with Gasteiger partial charge in [0.2, 0.25) is 0 Å². The lowest BCUT2D eigenvalue weighted by Crippen LogP contribution is -2.29. The zero-order valence-corrected chi connectivity index (χ0v) is 26.0. The number of carbonyl (C=O) groups is 2. The summed E-state index contributed by atoms with van der Waals surface area (Å²) in [6.07, 6.45) is 0.487. The Morgan fingerprint density at radius 2 is 1.84 bits per heavy atom. The van der Waals surface area contributed by atoms with Crippen LogP contribution in [0.4, 0.5) is 4.39 Å². The minimum atomic E-state index is -0.493. The predicted octanol–water partition coefficient (Wildman–Crippen LogP) is 5.13. The average molecular weight is 668 g/mol. The number of aromatic nitrogens is 3. The van der Waals surface area contributed by atoms with Gasteiger partial charge in [-0.25, -0.2) is 9.40 Å². The summed E-state index contributed by atoms with van der Waals surface area (Å²) in [6, 6.07) is 18.4. The Labute approximate surface area is 260 Å². The number of hydrogen-bond acceptors (Lipinski definition) is 8. The lowest BCUT2D eigenvalue weighted by atomic mass is 9.97. The molecule has 1 aliphatic rings. The van der Waals surface area contributed by atoms with Crippen molar-refractivity contribution in [3.05, 3.63) is 99.5 Å². The van der Waals surface area contributed by atoms with Crippen LogP contribution in [0.1, 0.15) is 39.8 Å². The van der Waals surface area contributed by atoms with Gasteiger partial charge in [-0.05, 0) is 42.0 Å². The summed E-state index contributed by atoms with van der Waals surface area (Å²) in [4.78, 5) is 26.1. The molecule has 10 nitrogen and oxygen atoms in total. The smallest absolute Gasteiger partial charge is 0.253 e. The van der Waals surface area contributed by atoms with E-state index in [1.165, 1.54) is 35.0 Å². The van der Waals surface area contributed by atoms with Crippen LogP contribution < -0.4 is 14.8 Å². The molecule has 0 saturated carbocycles. The molecule has 0 bridgehead atoms. The van der Waals surface area contributed by atoms with E-state index >= 15 is 0 Å². The van der Waals surface area contributed by atoms with E-state index in [1.807, 2.05) is 42.5 Å². The summed E-state index contributed by atoms with van der Waals surface area (Å²) >= 11 is 4.68. The third-order valence-corrected chi connectivity index (χ3v) is 8.41. The number of para-hydroxylation sites is 1. The van der Waals surface area contributed by atoms with E-state index in [-0.39, 0.29) is 23.8 Å². The summed E-state index contributed by atoms with van der Waals surface area (Å²) < 4.78 is 27.3. The Kier molecular flexibility index (Phi) is 9.41. The SMILES string of the molecule is COc1cccc([C@H]2CC(c3ccc(Br)cc3)=NN2C(=O)CSc2nnc(CNC(=O)c3cccc(F)c3)n2C)c1OC. The zero-order valence-electron chi connectivity index (χ0n) is 23.6. The standard InChI is InChI=1S/C30H28BrFN6O4S/c1-37-26(16-33-29(40)19-6-4-7-21(32)14-19)34-35-30(37)43-17-27(39)38-24(22-8-5-9-25(41-2)28(22)42-3)15-23(36-38)18-10-12-20(31)13-11-18/h4-14,24H,15-17H2,1-3H3,(H,33,40)/t24-/m1/s1. The molecule has 222 valence electrons. The second kappa shape index (κ2) is 13.4. The van der Waals surface area contributed by atoms with Gasteiger partial charge in [0, 0.05) is 29.1 Å². The first-order chi connectivity index (χ1) is 20.8. The van der Waals surface area contributed by atoms with Crippen LogP contribution in [0.2, 0.25) is 0 Å². The van der Waals surface area contributed by atoms with Gasteiger partial charge in [0.25, 0.3) is 11.8 Å². The van der Waals surface area contributed by atoms with Gasteiger partial charge in [0.15, 0.2) is 22.5 Å². The van der Waals surface area contributed by atoms with Crippen molar-refractivity contribution in [1.29, 1.82) is 0 Å². The molecule has 2 amide bonds.